The molecule has 0 bridgehead atoms. The standard InChI is InChI=1S/C23H30N2O7S/c1-15(17-12-19(30-3)22(32-5)20(13-17)31-4)24-23(26)16-8-9-18(29-2)21(14-16)33(27,28)25-10-6-7-11-25/h8-9,12-15H,6-7,10-11H2,1-5H3,(H,24,26). The molecule has 0 aromatic heterocycles. The molecule has 1 saturated heterocycles. The maximum atomic E-state index is 13.1. The number of amides is 1. The summed E-state index contributed by atoms with van der Waals surface area (Å²) in [5, 5.41) is 2.90. The first-order chi connectivity index (χ1) is 15.8. The highest BCUT2D eigenvalue weighted by molar-refractivity contribution is 7.89. The van der Waals surface area contributed by atoms with Crippen LogP contribution in [0.25, 0.3) is 0 Å². The first-order valence-electron chi connectivity index (χ1n) is 10.6. The number of ether oxygens (including phenoxy) is 4. The minimum atomic E-state index is -3.76. The summed E-state index contributed by atoms with van der Waals surface area (Å²) in [4.78, 5) is 13.0. The number of methoxy groups -OCH3 is 4. The van der Waals surface area contributed by atoms with Crippen LogP contribution >= 0.6 is 0 Å². The third-order valence-electron chi connectivity index (χ3n) is 5.64. The Kier molecular flexibility index (Phi) is 7.70. The molecule has 1 heterocycles. The molecule has 2 aromatic carbocycles. The van der Waals surface area contributed by atoms with Crippen LogP contribution in [0.2, 0.25) is 0 Å². The van der Waals surface area contributed by atoms with Gasteiger partial charge in [-0.1, -0.05) is 0 Å². The highest BCUT2D eigenvalue weighted by atomic mass is 32.2. The van der Waals surface area contributed by atoms with Crippen LogP contribution in [0, 0.1) is 0 Å². The van der Waals surface area contributed by atoms with Gasteiger partial charge in [-0.3, -0.25) is 4.79 Å². The fourth-order valence-electron chi connectivity index (χ4n) is 3.80. The van der Waals surface area contributed by atoms with Gasteiger partial charge in [0.25, 0.3) is 5.91 Å². The third kappa shape index (κ3) is 5.01. The normalized spacial score (nSPS) is 15.1. The van der Waals surface area contributed by atoms with E-state index in [0.717, 1.165) is 18.4 Å². The zero-order valence-corrected chi connectivity index (χ0v) is 20.3. The van der Waals surface area contributed by atoms with Gasteiger partial charge in [0.05, 0.1) is 34.5 Å². The van der Waals surface area contributed by atoms with Crippen molar-refractivity contribution >= 4 is 15.9 Å². The second-order valence-electron chi connectivity index (χ2n) is 7.63. The smallest absolute Gasteiger partial charge is 0.251 e. The molecule has 1 aliphatic rings. The van der Waals surface area contributed by atoms with Gasteiger partial charge in [0, 0.05) is 18.7 Å². The van der Waals surface area contributed by atoms with Crippen molar-refractivity contribution in [2.75, 3.05) is 41.5 Å². The van der Waals surface area contributed by atoms with Gasteiger partial charge in [0.1, 0.15) is 10.6 Å². The molecule has 0 saturated carbocycles. The average molecular weight is 479 g/mol. The number of sulfonamides is 1. The van der Waals surface area contributed by atoms with Crippen molar-refractivity contribution < 1.29 is 32.2 Å². The van der Waals surface area contributed by atoms with E-state index in [4.69, 9.17) is 18.9 Å². The predicted molar refractivity (Wildman–Crippen MR) is 123 cm³/mol. The summed E-state index contributed by atoms with van der Waals surface area (Å²) in [6.07, 6.45) is 1.63. The Morgan fingerprint density at radius 1 is 0.909 bits per heavy atom. The first-order valence-corrected chi connectivity index (χ1v) is 12.0. The van der Waals surface area contributed by atoms with E-state index >= 15 is 0 Å². The molecular formula is C23H30N2O7S. The first kappa shape index (κ1) is 24.7. The Morgan fingerprint density at radius 3 is 2.00 bits per heavy atom. The summed E-state index contributed by atoms with van der Waals surface area (Å²) < 4.78 is 49.0. The Bertz CT molecular complexity index is 1090. The van der Waals surface area contributed by atoms with Gasteiger partial charge in [0.2, 0.25) is 15.8 Å². The molecule has 2 aromatic rings. The van der Waals surface area contributed by atoms with Crippen molar-refractivity contribution in [1.29, 1.82) is 0 Å². The SMILES string of the molecule is COc1ccc(C(=O)NC(C)c2cc(OC)c(OC)c(OC)c2)cc1S(=O)(=O)N1CCCC1. The molecule has 1 amide bonds. The summed E-state index contributed by atoms with van der Waals surface area (Å²) in [5.41, 5.74) is 0.948. The Labute approximate surface area is 194 Å². The third-order valence-corrected chi connectivity index (χ3v) is 7.56. The van der Waals surface area contributed by atoms with Crippen molar-refractivity contribution in [3.05, 3.63) is 41.5 Å². The van der Waals surface area contributed by atoms with Crippen LogP contribution in [-0.4, -0.2) is 60.2 Å². The lowest BCUT2D eigenvalue weighted by molar-refractivity contribution is 0.0939. The maximum absolute atomic E-state index is 13.1. The molecule has 180 valence electrons. The molecule has 0 spiro atoms. The molecule has 0 radical (unpaired) electrons. The van der Waals surface area contributed by atoms with Crippen LogP contribution in [0.1, 0.15) is 41.7 Å². The number of carbonyl (C=O) groups is 1. The van der Waals surface area contributed by atoms with E-state index in [1.165, 1.54) is 44.9 Å². The van der Waals surface area contributed by atoms with E-state index in [1.54, 1.807) is 18.2 Å². The van der Waals surface area contributed by atoms with E-state index in [2.05, 4.69) is 5.32 Å². The molecular weight excluding hydrogens is 448 g/mol. The Morgan fingerprint density at radius 2 is 1.48 bits per heavy atom. The molecule has 10 heteroatoms. The minimum absolute atomic E-state index is 0.0139. The number of hydrogen-bond acceptors (Lipinski definition) is 7. The van der Waals surface area contributed by atoms with Gasteiger partial charge in [-0.15, -0.1) is 0 Å². The predicted octanol–water partition coefficient (Wildman–Crippen LogP) is 3.00. The lowest BCUT2D eigenvalue weighted by Gasteiger charge is -2.20. The fraction of sp³-hybridized carbons (Fsp3) is 0.435. The summed E-state index contributed by atoms with van der Waals surface area (Å²) in [5.74, 6) is 1.18. The van der Waals surface area contributed by atoms with Crippen LogP contribution in [-0.2, 0) is 10.0 Å². The average Bonchev–Trinajstić information content (AvgIpc) is 3.38. The molecule has 33 heavy (non-hydrogen) atoms. The molecule has 1 unspecified atom stereocenters. The van der Waals surface area contributed by atoms with Crippen molar-refractivity contribution in [2.45, 2.75) is 30.7 Å². The van der Waals surface area contributed by atoms with E-state index in [-0.39, 0.29) is 16.2 Å². The van der Waals surface area contributed by atoms with Gasteiger partial charge in [-0.2, -0.15) is 4.31 Å². The van der Waals surface area contributed by atoms with Gasteiger partial charge >= 0.3 is 0 Å². The molecule has 1 fully saturated rings. The molecule has 1 N–H and O–H groups in total. The second kappa shape index (κ2) is 10.3. The van der Waals surface area contributed by atoms with Crippen molar-refractivity contribution in [2.24, 2.45) is 0 Å². The maximum Gasteiger partial charge on any atom is 0.251 e. The van der Waals surface area contributed by atoms with Crippen LogP contribution in [0.3, 0.4) is 0 Å². The largest absolute Gasteiger partial charge is 0.495 e. The van der Waals surface area contributed by atoms with Crippen LogP contribution < -0.4 is 24.3 Å². The summed E-state index contributed by atoms with van der Waals surface area (Å²) in [6.45, 7) is 2.73. The van der Waals surface area contributed by atoms with E-state index in [0.29, 0.717) is 30.3 Å². The zero-order chi connectivity index (χ0) is 24.2. The van der Waals surface area contributed by atoms with Gasteiger partial charge in [0.15, 0.2) is 11.5 Å². The molecule has 3 rings (SSSR count). The number of benzene rings is 2. The number of rotatable bonds is 9. The number of nitrogens with zero attached hydrogens (tertiary/aromatic N) is 1. The van der Waals surface area contributed by atoms with E-state index in [9.17, 15) is 13.2 Å². The Balaban J connectivity index is 1.89. The number of carbonyl (C=O) groups excluding carboxylic acids is 1. The Hall–Kier alpha value is -2.98. The van der Waals surface area contributed by atoms with Gasteiger partial charge in [-0.05, 0) is 55.7 Å². The van der Waals surface area contributed by atoms with Crippen LogP contribution in [0.5, 0.6) is 23.0 Å². The topological polar surface area (TPSA) is 103 Å². The highest BCUT2D eigenvalue weighted by Crippen LogP contribution is 2.39. The summed E-state index contributed by atoms with van der Waals surface area (Å²) >= 11 is 0. The quantitative estimate of drug-likeness (QED) is 0.591. The lowest BCUT2D eigenvalue weighted by atomic mass is 10.1. The zero-order valence-electron chi connectivity index (χ0n) is 19.5. The molecule has 1 atom stereocenters. The minimum Gasteiger partial charge on any atom is -0.495 e. The van der Waals surface area contributed by atoms with Gasteiger partial charge < -0.3 is 24.3 Å². The summed E-state index contributed by atoms with van der Waals surface area (Å²) in [7, 11) is 2.20. The second-order valence-corrected chi connectivity index (χ2v) is 9.54. The van der Waals surface area contributed by atoms with E-state index in [1.807, 2.05) is 6.92 Å². The number of nitrogens with one attached hydrogen (secondary N) is 1. The van der Waals surface area contributed by atoms with Crippen molar-refractivity contribution in [3.63, 3.8) is 0 Å². The van der Waals surface area contributed by atoms with Gasteiger partial charge in [-0.25, -0.2) is 8.42 Å². The number of hydrogen-bond donors (Lipinski definition) is 1. The van der Waals surface area contributed by atoms with Crippen LogP contribution in [0.4, 0.5) is 0 Å². The molecule has 1 aliphatic heterocycles. The monoisotopic (exact) mass is 478 g/mol. The summed E-state index contributed by atoms with van der Waals surface area (Å²) in [6, 6.07) is 7.49. The highest BCUT2D eigenvalue weighted by Gasteiger charge is 2.31. The molecule has 0 aliphatic carbocycles. The fourth-order valence-corrected chi connectivity index (χ4v) is 5.50. The molecule has 9 nitrogen and oxygen atoms in total. The van der Waals surface area contributed by atoms with Crippen LogP contribution in [0.15, 0.2) is 35.2 Å². The van der Waals surface area contributed by atoms with E-state index < -0.39 is 22.0 Å². The van der Waals surface area contributed by atoms with Crippen molar-refractivity contribution in [1.82, 2.24) is 9.62 Å². The van der Waals surface area contributed by atoms with Crippen molar-refractivity contribution in [3.8, 4) is 23.0 Å². The lowest BCUT2D eigenvalue weighted by Crippen LogP contribution is -2.29.